The number of benzene rings is 1. The predicted molar refractivity (Wildman–Crippen MR) is 78.4 cm³/mol. The molecule has 0 spiro atoms. The second kappa shape index (κ2) is 6.03. The fraction of sp³-hybridized carbons (Fsp3) is 0.562. The van der Waals surface area contributed by atoms with Gasteiger partial charge in [-0.25, -0.2) is 0 Å². The average molecular weight is 247 g/mol. The molecule has 0 unspecified atom stereocenters. The third kappa shape index (κ3) is 3.59. The van der Waals surface area contributed by atoms with E-state index in [0.29, 0.717) is 0 Å². The van der Waals surface area contributed by atoms with Gasteiger partial charge in [0, 0.05) is 30.8 Å². The summed E-state index contributed by atoms with van der Waals surface area (Å²) in [6, 6.07) is 7.88. The number of nitrogens with zero attached hydrogens (tertiary/aromatic N) is 1. The van der Waals surface area contributed by atoms with Gasteiger partial charge in [-0.2, -0.15) is 0 Å². The van der Waals surface area contributed by atoms with Gasteiger partial charge in [-0.3, -0.25) is 4.79 Å². The van der Waals surface area contributed by atoms with Gasteiger partial charge in [0.1, 0.15) is 0 Å². The van der Waals surface area contributed by atoms with Gasteiger partial charge < -0.3 is 4.90 Å². The van der Waals surface area contributed by atoms with E-state index in [2.05, 4.69) is 6.92 Å². The van der Waals surface area contributed by atoms with Crippen molar-refractivity contribution in [2.24, 2.45) is 5.41 Å². The monoisotopic (exact) mass is 247 g/mol. The first kappa shape index (κ1) is 14.7. The number of unbranched alkanes of at least 4 members (excludes halogenated alkanes) is 1. The van der Waals surface area contributed by atoms with Crippen molar-refractivity contribution >= 4 is 11.5 Å². The van der Waals surface area contributed by atoms with Crippen LogP contribution in [-0.4, -0.2) is 19.9 Å². The highest BCUT2D eigenvalue weighted by Gasteiger charge is 2.27. The van der Waals surface area contributed by atoms with Crippen molar-refractivity contribution < 1.29 is 4.79 Å². The van der Waals surface area contributed by atoms with Crippen LogP contribution in [0.3, 0.4) is 0 Å². The summed E-state index contributed by atoms with van der Waals surface area (Å²) < 4.78 is 0. The second-order valence-corrected chi connectivity index (χ2v) is 5.76. The zero-order chi connectivity index (χ0) is 13.8. The molecule has 100 valence electrons. The maximum absolute atomic E-state index is 12.4. The number of hydrogen-bond donors (Lipinski definition) is 0. The number of hydrogen-bond acceptors (Lipinski definition) is 2. The fourth-order valence-electron chi connectivity index (χ4n) is 2.03. The number of ketones is 1. The van der Waals surface area contributed by atoms with Gasteiger partial charge >= 0.3 is 0 Å². The highest BCUT2D eigenvalue weighted by atomic mass is 16.1. The van der Waals surface area contributed by atoms with Crippen molar-refractivity contribution in [1.29, 1.82) is 0 Å². The molecule has 0 aliphatic carbocycles. The molecule has 0 aliphatic heterocycles. The minimum Gasteiger partial charge on any atom is -0.378 e. The molecule has 0 N–H and O–H groups in total. The molecule has 0 saturated carbocycles. The molecule has 18 heavy (non-hydrogen) atoms. The lowest BCUT2D eigenvalue weighted by atomic mass is 9.80. The summed E-state index contributed by atoms with van der Waals surface area (Å²) in [5.74, 6) is 0.251. The summed E-state index contributed by atoms with van der Waals surface area (Å²) in [5, 5.41) is 0. The van der Waals surface area contributed by atoms with Gasteiger partial charge in [0.25, 0.3) is 0 Å². The molecule has 0 aromatic heterocycles. The summed E-state index contributed by atoms with van der Waals surface area (Å²) >= 11 is 0. The quantitative estimate of drug-likeness (QED) is 0.704. The zero-order valence-electron chi connectivity index (χ0n) is 12.3. The predicted octanol–water partition coefficient (Wildman–Crippen LogP) is 4.15. The van der Waals surface area contributed by atoms with E-state index in [1.165, 1.54) is 0 Å². The van der Waals surface area contributed by atoms with E-state index in [1.807, 2.05) is 57.1 Å². The van der Waals surface area contributed by atoms with Crippen molar-refractivity contribution in [3.63, 3.8) is 0 Å². The van der Waals surface area contributed by atoms with Crippen LogP contribution in [0.2, 0.25) is 0 Å². The largest absolute Gasteiger partial charge is 0.378 e. The molecule has 0 saturated heterocycles. The van der Waals surface area contributed by atoms with Crippen LogP contribution >= 0.6 is 0 Å². The Bertz CT molecular complexity index is 390. The fourth-order valence-corrected chi connectivity index (χ4v) is 2.03. The number of rotatable bonds is 6. The zero-order valence-corrected chi connectivity index (χ0v) is 12.3. The molecule has 0 fully saturated rings. The van der Waals surface area contributed by atoms with Crippen molar-refractivity contribution in [2.45, 2.75) is 40.0 Å². The van der Waals surface area contributed by atoms with E-state index in [9.17, 15) is 4.79 Å². The normalized spacial score (nSPS) is 11.4. The van der Waals surface area contributed by atoms with Crippen molar-refractivity contribution in [3.8, 4) is 0 Å². The maximum atomic E-state index is 12.4. The van der Waals surface area contributed by atoms with Crippen LogP contribution in [0.4, 0.5) is 5.69 Å². The van der Waals surface area contributed by atoms with Gasteiger partial charge in [0.2, 0.25) is 0 Å². The molecule has 2 nitrogen and oxygen atoms in total. The topological polar surface area (TPSA) is 20.3 Å². The number of Topliss-reactive ketones (excluding diaryl/α,β-unsaturated/α-hetero) is 1. The van der Waals surface area contributed by atoms with Gasteiger partial charge in [-0.15, -0.1) is 0 Å². The lowest BCUT2D eigenvalue weighted by molar-refractivity contribution is 0.0823. The molecule has 2 heteroatoms. The Morgan fingerprint density at radius 1 is 1.17 bits per heavy atom. The van der Waals surface area contributed by atoms with Crippen molar-refractivity contribution in [3.05, 3.63) is 29.8 Å². The number of anilines is 1. The SMILES string of the molecule is CCCCC(C)(C)C(=O)c1ccc(N(C)C)cc1. The Balaban J connectivity index is 2.83. The second-order valence-electron chi connectivity index (χ2n) is 5.76. The molecule has 0 bridgehead atoms. The molecule has 0 atom stereocenters. The molecule has 1 aromatic rings. The smallest absolute Gasteiger partial charge is 0.168 e. The van der Waals surface area contributed by atoms with Crippen LogP contribution in [0.25, 0.3) is 0 Å². The van der Waals surface area contributed by atoms with Crippen LogP contribution in [0.1, 0.15) is 50.4 Å². The Morgan fingerprint density at radius 2 is 1.72 bits per heavy atom. The highest BCUT2D eigenvalue weighted by Crippen LogP contribution is 2.28. The number of carbonyl (C=O) groups excluding carboxylic acids is 1. The Hall–Kier alpha value is -1.31. The Labute approximate surface area is 111 Å². The Kier molecular flexibility index (Phi) is 4.94. The summed E-state index contributed by atoms with van der Waals surface area (Å²) in [6.45, 7) is 6.25. The summed E-state index contributed by atoms with van der Waals surface area (Å²) in [4.78, 5) is 14.5. The van der Waals surface area contributed by atoms with Crippen molar-refractivity contribution in [1.82, 2.24) is 0 Å². The standard InChI is InChI=1S/C16H25NO/c1-6-7-12-16(2,3)15(18)13-8-10-14(11-9-13)17(4)5/h8-11H,6-7,12H2,1-5H3. The maximum Gasteiger partial charge on any atom is 0.168 e. The Morgan fingerprint density at radius 3 is 2.17 bits per heavy atom. The van der Waals surface area contributed by atoms with E-state index in [4.69, 9.17) is 0 Å². The van der Waals surface area contributed by atoms with Crippen LogP contribution < -0.4 is 4.90 Å². The van der Waals surface area contributed by atoms with Crippen LogP contribution in [0.5, 0.6) is 0 Å². The van der Waals surface area contributed by atoms with Gasteiger partial charge in [-0.05, 0) is 30.7 Å². The third-order valence-electron chi connectivity index (χ3n) is 3.42. The van der Waals surface area contributed by atoms with E-state index < -0.39 is 0 Å². The first-order valence-electron chi connectivity index (χ1n) is 6.70. The first-order valence-corrected chi connectivity index (χ1v) is 6.70. The molecule has 0 heterocycles. The molecule has 0 amide bonds. The minimum atomic E-state index is -0.254. The molecular formula is C16H25NO. The summed E-state index contributed by atoms with van der Waals surface area (Å²) in [7, 11) is 4.00. The average Bonchev–Trinajstić information content (AvgIpc) is 2.35. The van der Waals surface area contributed by atoms with Gasteiger partial charge in [0.05, 0.1) is 0 Å². The van der Waals surface area contributed by atoms with E-state index in [0.717, 1.165) is 30.5 Å². The minimum absolute atomic E-state index is 0.251. The molecular weight excluding hydrogens is 222 g/mol. The lowest BCUT2D eigenvalue weighted by Crippen LogP contribution is -2.24. The van der Waals surface area contributed by atoms with Crippen LogP contribution in [0.15, 0.2) is 24.3 Å². The molecule has 0 radical (unpaired) electrons. The first-order chi connectivity index (χ1) is 8.38. The van der Waals surface area contributed by atoms with Crippen LogP contribution in [0, 0.1) is 5.41 Å². The van der Waals surface area contributed by atoms with Crippen molar-refractivity contribution in [2.75, 3.05) is 19.0 Å². The van der Waals surface area contributed by atoms with E-state index >= 15 is 0 Å². The molecule has 0 aliphatic rings. The molecule has 1 rings (SSSR count). The van der Waals surface area contributed by atoms with E-state index in [-0.39, 0.29) is 11.2 Å². The third-order valence-corrected chi connectivity index (χ3v) is 3.42. The lowest BCUT2D eigenvalue weighted by Gasteiger charge is -2.23. The van der Waals surface area contributed by atoms with Gasteiger partial charge in [0.15, 0.2) is 5.78 Å². The molecule has 1 aromatic carbocycles. The summed E-state index contributed by atoms with van der Waals surface area (Å²) in [5.41, 5.74) is 1.69. The highest BCUT2D eigenvalue weighted by molar-refractivity contribution is 6.00. The van der Waals surface area contributed by atoms with Crippen LogP contribution in [-0.2, 0) is 0 Å². The number of carbonyl (C=O) groups is 1. The van der Waals surface area contributed by atoms with E-state index in [1.54, 1.807) is 0 Å². The summed E-state index contributed by atoms with van der Waals surface area (Å²) in [6.07, 6.45) is 3.20. The van der Waals surface area contributed by atoms with Gasteiger partial charge in [-0.1, -0.05) is 33.6 Å².